The monoisotopic (exact) mass is 361 g/mol. The fraction of sp³-hybridized carbons (Fsp3) is 0.211. The molecule has 0 aliphatic rings. The molecule has 1 amide bonds. The maximum absolute atomic E-state index is 13.0. The molecule has 2 aromatic heterocycles. The van der Waals surface area contributed by atoms with E-state index in [1.165, 1.54) is 11.0 Å². The SMILES string of the molecule is Cc1ccc2c(c1)c(CNC(=O)C(c1ccccc1)n1cnnn1)nn2C. The van der Waals surface area contributed by atoms with Crippen molar-refractivity contribution in [2.45, 2.75) is 19.5 Å². The topological polar surface area (TPSA) is 90.5 Å². The average molecular weight is 361 g/mol. The average Bonchev–Trinajstić information content (AvgIpc) is 3.30. The lowest BCUT2D eigenvalue weighted by Crippen LogP contribution is -2.33. The van der Waals surface area contributed by atoms with Crippen LogP contribution in [0, 0.1) is 6.92 Å². The molecule has 8 heteroatoms. The fourth-order valence-electron chi connectivity index (χ4n) is 3.20. The van der Waals surface area contributed by atoms with Crippen molar-refractivity contribution in [1.29, 1.82) is 0 Å². The predicted octanol–water partition coefficient (Wildman–Crippen LogP) is 1.77. The third kappa shape index (κ3) is 3.29. The lowest BCUT2D eigenvalue weighted by Gasteiger charge is -2.16. The standard InChI is InChI=1S/C19H19N7O/c1-13-8-9-17-15(10-13)16(22-25(17)2)11-20-19(27)18(26-12-21-23-24-26)14-6-4-3-5-7-14/h3-10,12,18H,11H2,1-2H3,(H,20,27). The van der Waals surface area contributed by atoms with Gasteiger partial charge in [0.2, 0.25) is 5.91 Å². The van der Waals surface area contributed by atoms with Crippen LogP contribution >= 0.6 is 0 Å². The van der Waals surface area contributed by atoms with Gasteiger partial charge in [-0.05, 0) is 35.0 Å². The summed E-state index contributed by atoms with van der Waals surface area (Å²) in [6.07, 6.45) is 1.44. The van der Waals surface area contributed by atoms with Crippen LogP contribution in [0.15, 0.2) is 54.9 Å². The number of aryl methyl sites for hydroxylation is 2. The smallest absolute Gasteiger partial charge is 0.249 e. The molecule has 1 N–H and O–H groups in total. The number of carbonyl (C=O) groups is 1. The number of amides is 1. The summed E-state index contributed by atoms with van der Waals surface area (Å²) in [7, 11) is 1.90. The summed E-state index contributed by atoms with van der Waals surface area (Å²) < 4.78 is 3.28. The van der Waals surface area contributed by atoms with E-state index in [0.717, 1.165) is 27.7 Å². The van der Waals surface area contributed by atoms with Crippen molar-refractivity contribution in [3.63, 3.8) is 0 Å². The first-order valence-electron chi connectivity index (χ1n) is 8.61. The Hall–Kier alpha value is -3.55. The Morgan fingerprint density at radius 2 is 2.00 bits per heavy atom. The third-order valence-electron chi connectivity index (χ3n) is 4.51. The minimum atomic E-state index is -0.641. The maximum Gasteiger partial charge on any atom is 0.249 e. The number of hydrogen-bond acceptors (Lipinski definition) is 5. The largest absolute Gasteiger partial charge is 0.348 e. The molecule has 0 fully saturated rings. The van der Waals surface area contributed by atoms with Gasteiger partial charge in [0.15, 0.2) is 6.04 Å². The van der Waals surface area contributed by atoms with E-state index in [-0.39, 0.29) is 5.91 Å². The van der Waals surface area contributed by atoms with E-state index in [4.69, 9.17) is 0 Å². The van der Waals surface area contributed by atoms with Crippen molar-refractivity contribution in [1.82, 2.24) is 35.3 Å². The van der Waals surface area contributed by atoms with Gasteiger partial charge in [-0.3, -0.25) is 9.48 Å². The van der Waals surface area contributed by atoms with Crippen molar-refractivity contribution < 1.29 is 4.79 Å². The molecular weight excluding hydrogens is 342 g/mol. The van der Waals surface area contributed by atoms with Crippen LogP contribution in [0.25, 0.3) is 10.9 Å². The number of rotatable bonds is 5. The van der Waals surface area contributed by atoms with Crippen molar-refractivity contribution in [2.24, 2.45) is 7.05 Å². The lowest BCUT2D eigenvalue weighted by atomic mass is 10.1. The zero-order valence-electron chi connectivity index (χ0n) is 15.1. The first-order valence-corrected chi connectivity index (χ1v) is 8.61. The number of aromatic nitrogens is 6. The van der Waals surface area contributed by atoms with Gasteiger partial charge >= 0.3 is 0 Å². The molecule has 8 nitrogen and oxygen atoms in total. The van der Waals surface area contributed by atoms with Crippen LogP contribution in [0.1, 0.15) is 22.9 Å². The van der Waals surface area contributed by atoms with Crippen LogP contribution in [-0.4, -0.2) is 35.9 Å². The van der Waals surface area contributed by atoms with Crippen LogP contribution in [0.3, 0.4) is 0 Å². The summed E-state index contributed by atoms with van der Waals surface area (Å²) in [6, 6.07) is 15.0. The zero-order valence-corrected chi connectivity index (χ0v) is 15.1. The van der Waals surface area contributed by atoms with Gasteiger partial charge in [0.25, 0.3) is 0 Å². The highest BCUT2D eigenvalue weighted by Crippen LogP contribution is 2.21. The summed E-state index contributed by atoms with van der Waals surface area (Å²) in [5.41, 5.74) is 3.82. The minimum Gasteiger partial charge on any atom is -0.348 e. The molecule has 0 aliphatic heterocycles. The molecule has 0 bridgehead atoms. The Balaban J connectivity index is 1.60. The molecule has 2 heterocycles. The number of hydrogen-bond donors (Lipinski definition) is 1. The van der Waals surface area contributed by atoms with Crippen molar-refractivity contribution in [2.75, 3.05) is 0 Å². The highest BCUT2D eigenvalue weighted by Gasteiger charge is 2.24. The van der Waals surface area contributed by atoms with Crippen molar-refractivity contribution in [3.8, 4) is 0 Å². The van der Waals surface area contributed by atoms with Crippen LogP contribution < -0.4 is 5.32 Å². The molecule has 1 atom stereocenters. The molecule has 27 heavy (non-hydrogen) atoms. The summed E-state index contributed by atoms with van der Waals surface area (Å²) in [5.74, 6) is -0.194. The Bertz CT molecular complexity index is 1070. The molecule has 4 rings (SSSR count). The predicted molar refractivity (Wildman–Crippen MR) is 99.7 cm³/mol. The number of benzene rings is 2. The third-order valence-corrected chi connectivity index (χ3v) is 4.51. The van der Waals surface area contributed by atoms with Gasteiger partial charge in [-0.1, -0.05) is 42.0 Å². The van der Waals surface area contributed by atoms with Crippen LogP contribution in [0.5, 0.6) is 0 Å². The second-order valence-electron chi connectivity index (χ2n) is 6.41. The summed E-state index contributed by atoms with van der Waals surface area (Å²) in [5, 5.41) is 19.8. The summed E-state index contributed by atoms with van der Waals surface area (Å²) in [6.45, 7) is 2.36. The number of carbonyl (C=O) groups excluding carboxylic acids is 1. The highest BCUT2D eigenvalue weighted by atomic mass is 16.2. The van der Waals surface area contributed by atoms with E-state index in [9.17, 15) is 4.79 Å². The zero-order chi connectivity index (χ0) is 18.8. The van der Waals surface area contributed by atoms with Crippen LogP contribution in [0.2, 0.25) is 0 Å². The Morgan fingerprint density at radius 1 is 1.19 bits per heavy atom. The van der Waals surface area contributed by atoms with Gasteiger partial charge in [-0.25, -0.2) is 4.68 Å². The van der Waals surface area contributed by atoms with E-state index < -0.39 is 6.04 Å². The molecule has 2 aromatic carbocycles. The summed E-state index contributed by atoms with van der Waals surface area (Å²) in [4.78, 5) is 13.0. The Morgan fingerprint density at radius 3 is 2.74 bits per heavy atom. The molecule has 0 radical (unpaired) electrons. The fourth-order valence-corrected chi connectivity index (χ4v) is 3.20. The molecule has 0 spiro atoms. The number of nitrogens with zero attached hydrogens (tertiary/aromatic N) is 6. The Labute approximate surface area is 155 Å². The minimum absolute atomic E-state index is 0.194. The molecule has 0 aliphatic carbocycles. The van der Waals surface area contributed by atoms with Gasteiger partial charge in [0.1, 0.15) is 6.33 Å². The normalized spacial score (nSPS) is 12.2. The van der Waals surface area contributed by atoms with E-state index >= 15 is 0 Å². The molecule has 1 unspecified atom stereocenters. The number of tetrazole rings is 1. The highest BCUT2D eigenvalue weighted by molar-refractivity contribution is 5.85. The van der Waals surface area contributed by atoms with Gasteiger partial charge in [0, 0.05) is 12.4 Å². The maximum atomic E-state index is 13.0. The quantitative estimate of drug-likeness (QED) is 0.585. The van der Waals surface area contributed by atoms with E-state index in [1.54, 1.807) is 0 Å². The molecule has 0 saturated heterocycles. The lowest BCUT2D eigenvalue weighted by molar-refractivity contribution is -0.123. The second kappa shape index (κ2) is 6.99. The summed E-state index contributed by atoms with van der Waals surface area (Å²) >= 11 is 0. The molecule has 136 valence electrons. The van der Waals surface area contributed by atoms with Crippen LogP contribution in [-0.2, 0) is 18.4 Å². The van der Waals surface area contributed by atoms with Crippen molar-refractivity contribution >= 4 is 16.8 Å². The van der Waals surface area contributed by atoms with Gasteiger partial charge in [-0.15, -0.1) is 5.10 Å². The second-order valence-corrected chi connectivity index (χ2v) is 6.41. The van der Waals surface area contributed by atoms with Gasteiger partial charge in [-0.2, -0.15) is 5.10 Å². The van der Waals surface area contributed by atoms with Crippen LogP contribution in [0.4, 0.5) is 0 Å². The Kier molecular flexibility index (Phi) is 4.37. The van der Waals surface area contributed by atoms with Crippen molar-refractivity contribution in [3.05, 3.63) is 71.7 Å². The number of nitrogens with one attached hydrogen (secondary N) is 1. The molecule has 4 aromatic rings. The molecular formula is C19H19N7O. The van der Waals surface area contributed by atoms with Gasteiger partial charge < -0.3 is 5.32 Å². The first-order chi connectivity index (χ1) is 13.1. The van der Waals surface area contributed by atoms with Gasteiger partial charge in [0.05, 0.1) is 17.8 Å². The van der Waals surface area contributed by atoms with E-state index in [0.29, 0.717) is 6.54 Å². The first kappa shape index (κ1) is 16.9. The van der Waals surface area contributed by atoms with E-state index in [1.807, 2.05) is 55.1 Å². The molecule has 0 saturated carbocycles. The van der Waals surface area contributed by atoms with E-state index in [2.05, 4.69) is 38.1 Å². The number of fused-ring (bicyclic) bond motifs is 1.